The molecule has 0 fully saturated rings. The molecule has 0 spiro atoms. The Balaban J connectivity index is 2.00. The maximum Gasteiger partial charge on any atom is 0.355 e. The van der Waals surface area contributed by atoms with Gasteiger partial charge in [-0.3, -0.25) is 10.1 Å². The van der Waals surface area contributed by atoms with E-state index in [1.165, 1.54) is 12.3 Å². The van der Waals surface area contributed by atoms with Gasteiger partial charge in [0.1, 0.15) is 23.3 Å². The van der Waals surface area contributed by atoms with Gasteiger partial charge in [0.15, 0.2) is 0 Å². The van der Waals surface area contributed by atoms with Crippen molar-refractivity contribution in [2.75, 3.05) is 13.7 Å². The van der Waals surface area contributed by atoms with Gasteiger partial charge in [0.2, 0.25) is 0 Å². The zero-order valence-corrected chi connectivity index (χ0v) is 17.6. The van der Waals surface area contributed by atoms with Gasteiger partial charge in [0.25, 0.3) is 5.69 Å². The van der Waals surface area contributed by atoms with Gasteiger partial charge >= 0.3 is 5.97 Å². The Bertz CT molecular complexity index is 1280. The van der Waals surface area contributed by atoms with Gasteiger partial charge in [-0.25, -0.2) is 9.78 Å². The Morgan fingerprint density at radius 3 is 2.47 bits per heavy atom. The summed E-state index contributed by atoms with van der Waals surface area (Å²) >= 11 is 0. The number of nitro groups is 1. The van der Waals surface area contributed by atoms with Crippen molar-refractivity contribution < 1.29 is 19.2 Å². The molecule has 162 valence electrons. The minimum absolute atomic E-state index is 0.147. The standard InChI is InChI=1S/C24H21N3O5/c1-3-32-24(28)22-21(17-7-5-4-6-8-17)20-13-18(27(29)30)14-25-23(20)26(22)15-16-9-11-19(31-2)12-10-16/h4-14H,3,15H2,1-2H3. The second-order valence-corrected chi connectivity index (χ2v) is 7.07. The molecule has 2 heterocycles. The normalized spacial score (nSPS) is 10.8. The number of fused-ring (bicyclic) bond motifs is 1. The van der Waals surface area contributed by atoms with Crippen LogP contribution in [-0.4, -0.2) is 34.2 Å². The fourth-order valence-corrected chi connectivity index (χ4v) is 3.69. The van der Waals surface area contributed by atoms with Crippen LogP contribution in [0, 0.1) is 10.1 Å². The molecule has 0 amide bonds. The molecule has 0 saturated carbocycles. The summed E-state index contributed by atoms with van der Waals surface area (Å²) in [7, 11) is 1.59. The van der Waals surface area contributed by atoms with E-state index >= 15 is 0 Å². The summed E-state index contributed by atoms with van der Waals surface area (Å²) in [5.74, 6) is 0.205. The van der Waals surface area contributed by atoms with E-state index < -0.39 is 10.9 Å². The molecule has 0 bridgehead atoms. The van der Waals surface area contributed by atoms with Gasteiger partial charge in [0.05, 0.1) is 18.6 Å². The molecule has 32 heavy (non-hydrogen) atoms. The Labute approximate surface area is 184 Å². The number of carbonyl (C=O) groups is 1. The molecule has 2 aromatic carbocycles. The second-order valence-electron chi connectivity index (χ2n) is 7.07. The SMILES string of the molecule is CCOC(=O)c1c(-c2ccccc2)c2cc([N+](=O)[O-])cnc2n1Cc1ccc(OC)cc1. The lowest BCUT2D eigenvalue weighted by Gasteiger charge is -2.12. The lowest BCUT2D eigenvalue weighted by Crippen LogP contribution is -2.14. The van der Waals surface area contributed by atoms with Gasteiger partial charge in [0, 0.05) is 23.6 Å². The highest BCUT2D eigenvalue weighted by Crippen LogP contribution is 2.37. The van der Waals surface area contributed by atoms with Gasteiger partial charge in [-0.15, -0.1) is 0 Å². The number of methoxy groups -OCH3 is 1. The Morgan fingerprint density at radius 2 is 1.84 bits per heavy atom. The van der Waals surface area contributed by atoms with E-state index in [4.69, 9.17) is 9.47 Å². The molecule has 0 aliphatic heterocycles. The number of ether oxygens (including phenoxy) is 2. The first-order valence-electron chi connectivity index (χ1n) is 10.1. The minimum atomic E-state index is -0.513. The molecule has 0 N–H and O–H groups in total. The van der Waals surface area contributed by atoms with Crippen LogP contribution >= 0.6 is 0 Å². The molecule has 4 rings (SSSR count). The third-order valence-electron chi connectivity index (χ3n) is 5.13. The smallest absolute Gasteiger partial charge is 0.355 e. The third kappa shape index (κ3) is 3.90. The highest BCUT2D eigenvalue weighted by molar-refractivity contribution is 6.08. The van der Waals surface area contributed by atoms with Crippen molar-refractivity contribution >= 4 is 22.7 Å². The van der Waals surface area contributed by atoms with E-state index in [9.17, 15) is 14.9 Å². The molecule has 0 aliphatic carbocycles. The molecule has 0 unspecified atom stereocenters. The highest BCUT2D eigenvalue weighted by Gasteiger charge is 2.27. The maximum absolute atomic E-state index is 13.1. The quantitative estimate of drug-likeness (QED) is 0.236. The largest absolute Gasteiger partial charge is 0.497 e. The van der Waals surface area contributed by atoms with Crippen molar-refractivity contribution in [1.29, 1.82) is 0 Å². The zero-order valence-electron chi connectivity index (χ0n) is 17.6. The molecule has 4 aromatic rings. The van der Waals surface area contributed by atoms with E-state index in [1.807, 2.05) is 54.6 Å². The monoisotopic (exact) mass is 431 g/mol. The number of esters is 1. The van der Waals surface area contributed by atoms with Gasteiger partial charge in [-0.1, -0.05) is 42.5 Å². The average Bonchev–Trinajstić information content (AvgIpc) is 3.13. The Kier molecular flexibility index (Phi) is 5.85. The fraction of sp³-hybridized carbons (Fsp3) is 0.167. The number of hydrogen-bond acceptors (Lipinski definition) is 6. The first-order valence-corrected chi connectivity index (χ1v) is 10.1. The van der Waals surface area contributed by atoms with Gasteiger partial charge in [-0.2, -0.15) is 0 Å². The second kappa shape index (κ2) is 8.89. The molecule has 0 atom stereocenters. The van der Waals surface area contributed by atoms with Crippen molar-refractivity contribution in [1.82, 2.24) is 9.55 Å². The Hall–Kier alpha value is -4.20. The first-order chi connectivity index (χ1) is 15.5. The van der Waals surface area contributed by atoms with Crippen molar-refractivity contribution in [3.8, 4) is 16.9 Å². The predicted octanol–water partition coefficient (Wildman–Crippen LogP) is 4.85. The Morgan fingerprint density at radius 1 is 1.12 bits per heavy atom. The fourth-order valence-electron chi connectivity index (χ4n) is 3.69. The van der Waals surface area contributed by atoms with E-state index in [-0.39, 0.29) is 12.3 Å². The summed E-state index contributed by atoms with van der Waals surface area (Å²) in [5, 5.41) is 11.9. The summed E-state index contributed by atoms with van der Waals surface area (Å²) in [6.45, 7) is 2.26. The molecule has 0 aliphatic rings. The topological polar surface area (TPSA) is 96.5 Å². The number of pyridine rings is 1. The van der Waals surface area contributed by atoms with Crippen LogP contribution in [0.2, 0.25) is 0 Å². The molecule has 2 aromatic heterocycles. The third-order valence-corrected chi connectivity index (χ3v) is 5.13. The summed E-state index contributed by atoms with van der Waals surface area (Å²) in [4.78, 5) is 28.4. The summed E-state index contributed by atoms with van der Waals surface area (Å²) in [5.41, 5.74) is 2.84. The number of aromatic nitrogens is 2. The van der Waals surface area contributed by atoms with E-state index in [1.54, 1.807) is 18.6 Å². The number of benzene rings is 2. The van der Waals surface area contributed by atoms with Crippen LogP contribution < -0.4 is 4.74 Å². The van der Waals surface area contributed by atoms with Crippen molar-refractivity contribution in [2.24, 2.45) is 0 Å². The van der Waals surface area contributed by atoms with Crippen LogP contribution in [0.1, 0.15) is 23.0 Å². The van der Waals surface area contributed by atoms with Crippen LogP contribution in [0.5, 0.6) is 5.75 Å². The molecular weight excluding hydrogens is 410 g/mol. The molecule has 8 nitrogen and oxygen atoms in total. The predicted molar refractivity (Wildman–Crippen MR) is 120 cm³/mol. The highest BCUT2D eigenvalue weighted by atomic mass is 16.6. The number of carbonyl (C=O) groups excluding carboxylic acids is 1. The summed E-state index contributed by atoms with van der Waals surface area (Å²) < 4.78 is 12.3. The molecule has 0 radical (unpaired) electrons. The number of hydrogen-bond donors (Lipinski definition) is 0. The van der Waals surface area contributed by atoms with Crippen molar-refractivity contribution in [2.45, 2.75) is 13.5 Å². The number of nitrogens with zero attached hydrogens (tertiary/aromatic N) is 3. The van der Waals surface area contributed by atoms with Crippen LogP contribution in [0.25, 0.3) is 22.2 Å². The molecular formula is C24H21N3O5. The van der Waals surface area contributed by atoms with Gasteiger partial charge in [-0.05, 0) is 30.2 Å². The first kappa shape index (κ1) is 21.0. The summed E-state index contributed by atoms with van der Waals surface area (Å²) in [6, 6.07) is 18.2. The van der Waals surface area contributed by atoms with Gasteiger partial charge < -0.3 is 14.0 Å². The van der Waals surface area contributed by atoms with Crippen LogP contribution in [-0.2, 0) is 11.3 Å². The van der Waals surface area contributed by atoms with Crippen molar-refractivity contribution in [3.05, 3.63) is 88.2 Å². The zero-order chi connectivity index (χ0) is 22.7. The molecule has 8 heteroatoms. The lowest BCUT2D eigenvalue weighted by molar-refractivity contribution is -0.385. The lowest BCUT2D eigenvalue weighted by atomic mass is 10.0. The average molecular weight is 431 g/mol. The van der Waals surface area contributed by atoms with Crippen LogP contribution in [0.3, 0.4) is 0 Å². The van der Waals surface area contributed by atoms with E-state index in [0.717, 1.165) is 16.9 Å². The van der Waals surface area contributed by atoms with E-state index in [0.29, 0.717) is 28.8 Å². The molecule has 0 saturated heterocycles. The maximum atomic E-state index is 13.1. The summed E-state index contributed by atoms with van der Waals surface area (Å²) in [6.07, 6.45) is 1.20. The minimum Gasteiger partial charge on any atom is -0.497 e. The number of rotatable bonds is 7. The van der Waals surface area contributed by atoms with E-state index in [2.05, 4.69) is 4.98 Å². The van der Waals surface area contributed by atoms with Crippen LogP contribution in [0.15, 0.2) is 66.9 Å². The van der Waals surface area contributed by atoms with Crippen molar-refractivity contribution in [3.63, 3.8) is 0 Å². The van der Waals surface area contributed by atoms with Crippen LogP contribution in [0.4, 0.5) is 5.69 Å².